The molecule has 0 aromatic rings. The minimum absolute atomic E-state index is 0.711. The van der Waals surface area contributed by atoms with Gasteiger partial charge in [-0.3, -0.25) is 9.36 Å². The van der Waals surface area contributed by atoms with E-state index in [0.717, 1.165) is 0 Å². The summed E-state index contributed by atoms with van der Waals surface area (Å²) in [5.74, 6) is -1.57. The molecule has 0 aliphatic heterocycles. The lowest BCUT2D eigenvalue weighted by molar-refractivity contribution is -0.135. The third-order valence-corrected chi connectivity index (χ3v) is 2.00. The molecule has 5 nitrogen and oxygen atoms in total. The molecule has 0 rings (SSSR count). The van der Waals surface area contributed by atoms with E-state index in [1.807, 2.05) is 0 Å². The summed E-state index contributed by atoms with van der Waals surface area (Å²) in [5, 5.41) is 8.15. The maximum atomic E-state index is 10.2. The maximum absolute atomic E-state index is 10.2. The van der Waals surface area contributed by atoms with Crippen LogP contribution in [-0.4, -0.2) is 26.5 Å². The van der Waals surface area contributed by atoms with Gasteiger partial charge in [-0.15, -0.1) is 6.58 Å². The number of carbonyl (C=O) groups is 1. The molecular weight excluding hydrogens is 159 g/mol. The van der Waals surface area contributed by atoms with Gasteiger partial charge in [0.1, 0.15) is 0 Å². The van der Waals surface area contributed by atoms with Gasteiger partial charge in [0.05, 0.1) is 0 Å². The summed E-state index contributed by atoms with van der Waals surface area (Å²) in [6, 6.07) is 0. The second-order valence-corrected chi connectivity index (χ2v) is 3.34. The topological polar surface area (TPSA) is 94.8 Å². The summed E-state index contributed by atoms with van der Waals surface area (Å²) in [7, 11) is -4.55. The van der Waals surface area contributed by atoms with E-state index in [0.29, 0.717) is 6.08 Å². The highest BCUT2D eigenvalue weighted by Gasteiger charge is 2.32. The van der Waals surface area contributed by atoms with Crippen molar-refractivity contribution in [1.29, 1.82) is 0 Å². The molecule has 0 saturated heterocycles. The Kier molecular flexibility index (Phi) is 2.77. The lowest BCUT2D eigenvalue weighted by Gasteiger charge is -2.07. The molecule has 0 bridgehead atoms. The number of aliphatic carboxylic acids is 1. The summed E-state index contributed by atoms with van der Waals surface area (Å²) in [6.07, 6.45) is 0.711. The van der Waals surface area contributed by atoms with Gasteiger partial charge >= 0.3 is 13.6 Å². The Morgan fingerprint density at radius 1 is 1.60 bits per heavy atom. The third kappa shape index (κ3) is 2.31. The van der Waals surface area contributed by atoms with Crippen molar-refractivity contribution in [3.05, 3.63) is 12.7 Å². The highest BCUT2D eigenvalue weighted by molar-refractivity contribution is 7.53. The van der Waals surface area contributed by atoms with Gasteiger partial charge in [0.2, 0.25) is 0 Å². The fraction of sp³-hybridized carbons (Fsp3) is 0.250. The number of carboxylic acids is 1. The second kappa shape index (κ2) is 2.96. The van der Waals surface area contributed by atoms with Crippen molar-refractivity contribution in [2.45, 2.75) is 5.66 Å². The van der Waals surface area contributed by atoms with Crippen LogP contribution in [0.3, 0.4) is 0 Å². The molecule has 0 aromatic carbocycles. The molecule has 1 unspecified atom stereocenters. The first-order chi connectivity index (χ1) is 4.39. The summed E-state index contributed by atoms with van der Waals surface area (Å²) >= 11 is 0. The van der Waals surface area contributed by atoms with Gasteiger partial charge in [0.15, 0.2) is 5.66 Å². The van der Waals surface area contributed by atoms with Crippen LogP contribution < -0.4 is 0 Å². The zero-order chi connectivity index (χ0) is 8.36. The number of hydrogen-bond donors (Lipinski definition) is 3. The van der Waals surface area contributed by atoms with Crippen molar-refractivity contribution >= 4 is 13.6 Å². The largest absolute Gasteiger partial charge is 0.480 e. The Morgan fingerprint density at radius 2 is 2.00 bits per heavy atom. The van der Waals surface area contributed by atoms with Crippen LogP contribution in [0.4, 0.5) is 0 Å². The molecule has 6 heteroatoms. The molecule has 10 heavy (non-hydrogen) atoms. The number of rotatable bonds is 3. The Hall–Kier alpha value is -0.640. The first-order valence-corrected chi connectivity index (χ1v) is 3.98. The summed E-state index contributed by atoms with van der Waals surface area (Å²) in [4.78, 5) is 26.6. The fourth-order valence-electron chi connectivity index (χ4n) is 0.382. The van der Waals surface area contributed by atoms with E-state index >= 15 is 0 Å². The van der Waals surface area contributed by atoms with Crippen molar-refractivity contribution in [3.8, 4) is 0 Å². The van der Waals surface area contributed by atoms with Crippen molar-refractivity contribution in [3.63, 3.8) is 0 Å². The van der Waals surface area contributed by atoms with E-state index < -0.39 is 19.2 Å². The molecule has 0 spiro atoms. The molecule has 0 heterocycles. The SMILES string of the molecule is C=CC(C(=O)O)P(=O)(O)O. The summed E-state index contributed by atoms with van der Waals surface area (Å²) < 4.78 is 10.2. The maximum Gasteiger partial charge on any atom is 0.343 e. The molecule has 0 aromatic heterocycles. The Balaban J connectivity index is 4.53. The number of carboxylic acid groups (broad SMARTS) is 1. The average molecular weight is 166 g/mol. The van der Waals surface area contributed by atoms with E-state index in [9.17, 15) is 9.36 Å². The molecule has 0 fully saturated rings. The zero-order valence-electron chi connectivity index (χ0n) is 4.97. The van der Waals surface area contributed by atoms with Crippen molar-refractivity contribution in [2.75, 3.05) is 0 Å². The minimum Gasteiger partial charge on any atom is -0.480 e. The van der Waals surface area contributed by atoms with E-state index in [2.05, 4.69) is 6.58 Å². The predicted molar refractivity (Wildman–Crippen MR) is 33.7 cm³/mol. The number of hydrogen-bond acceptors (Lipinski definition) is 2. The summed E-state index contributed by atoms with van der Waals surface area (Å²) in [5.41, 5.74) is -1.78. The third-order valence-electron chi connectivity index (χ3n) is 0.839. The molecule has 58 valence electrons. The monoisotopic (exact) mass is 166 g/mol. The predicted octanol–water partition coefficient (Wildman–Crippen LogP) is -0.197. The Bertz CT molecular complexity index is 192. The Labute approximate surface area is 57.2 Å². The van der Waals surface area contributed by atoms with Gasteiger partial charge in [-0.05, 0) is 0 Å². The van der Waals surface area contributed by atoms with Crippen molar-refractivity contribution in [2.24, 2.45) is 0 Å². The van der Waals surface area contributed by atoms with Gasteiger partial charge in [0, 0.05) is 0 Å². The minimum atomic E-state index is -4.55. The lowest BCUT2D eigenvalue weighted by Crippen LogP contribution is -2.16. The van der Waals surface area contributed by atoms with Crippen LogP contribution in [0.25, 0.3) is 0 Å². The van der Waals surface area contributed by atoms with Gasteiger partial charge in [-0.1, -0.05) is 6.08 Å². The van der Waals surface area contributed by atoms with Gasteiger partial charge in [0.25, 0.3) is 0 Å². The lowest BCUT2D eigenvalue weighted by atomic mass is 10.4. The standard InChI is InChI=1S/C4H7O5P/c1-2-3(4(5)6)10(7,8)9/h2-3H,1H2,(H,5,6)(H2,7,8,9). The van der Waals surface area contributed by atoms with Crippen LogP contribution in [0.2, 0.25) is 0 Å². The summed E-state index contributed by atoms with van der Waals surface area (Å²) in [6.45, 7) is 2.98. The molecule has 3 N–H and O–H groups in total. The average Bonchev–Trinajstić information content (AvgIpc) is 1.60. The van der Waals surface area contributed by atoms with Crippen molar-refractivity contribution in [1.82, 2.24) is 0 Å². The smallest absolute Gasteiger partial charge is 0.343 e. The van der Waals surface area contributed by atoms with Crippen LogP contribution in [0.15, 0.2) is 12.7 Å². The van der Waals surface area contributed by atoms with Crippen LogP contribution in [0, 0.1) is 0 Å². The van der Waals surface area contributed by atoms with Crippen LogP contribution in [-0.2, 0) is 9.36 Å². The van der Waals surface area contributed by atoms with Gasteiger partial charge in [-0.25, -0.2) is 0 Å². The molecule has 0 amide bonds. The normalized spacial score (nSPS) is 14.2. The molecule has 0 aliphatic carbocycles. The van der Waals surface area contributed by atoms with E-state index in [1.165, 1.54) is 0 Å². The van der Waals surface area contributed by atoms with E-state index in [4.69, 9.17) is 14.9 Å². The van der Waals surface area contributed by atoms with Crippen LogP contribution >= 0.6 is 7.60 Å². The highest BCUT2D eigenvalue weighted by atomic mass is 31.2. The molecule has 1 atom stereocenters. The first kappa shape index (κ1) is 9.36. The molecule has 0 radical (unpaired) electrons. The van der Waals surface area contributed by atoms with E-state index in [-0.39, 0.29) is 0 Å². The molecular formula is C4H7O5P. The highest BCUT2D eigenvalue weighted by Crippen LogP contribution is 2.41. The first-order valence-electron chi connectivity index (χ1n) is 2.30. The van der Waals surface area contributed by atoms with Crippen LogP contribution in [0.5, 0.6) is 0 Å². The van der Waals surface area contributed by atoms with Gasteiger partial charge < -0.3 is 14.9 Å². The second-order valence-electron chi connectivity index (χ2n) is 1.61. The Morgan fingerprint density at radius 3 is 2.00 bits per heavy atom. The van der Waals surface area contributed by atoms with Crippen LogP contribution in [0.1, 0.15) is 0 Å². The zero-order valence-corrected chi connectivity index (χ0v) is 5.86. The molecule has 0 saturated carbocycles. The van der Waals surface area contributed by atoms with E-state index in [1.54, 1.807) is 0 Å². The quantitative estimate of drug-likeness (QED) is 0.398. The van der Waals surface area contributed by atoms with Gasteiger partial charge in [-0.2, -0.15) is 0 Å². The fourth-order valence-corrected chi connectivity index (χ4v) is 0.944. The molecule has 0 aliphatic rings. The van der Waals surface area contributed by atoms with Crippen molar-refractivity contribution < 1.29 is 24.3 Å².